The molecule has 1 amide bonds. The zero-order valence-electron chi connectivity index (χ0n) is 14.4. The van der Waals surface area contributed by atoms with Crippen molar-refractivity contribution in [2.75, 3.05) is 18.9 Å². The van der Waals surface area contributed by atoms with Gasteiger partial charge in [-0.3, -0.25) is 4.79 Å². The summed E-state index contributed by atoms with van der Waals surface area (Å²) in [5, 5.41) is 13.4. The van der Waals surface area contributed by atoms with E-state index >= 15 is 0 Å². The van der Waals surface area contributed by atoms with E-state index in [1.165, 1.54) is 0 Å². The molecular formula is C19H18ClN4OS+. The van der Waals surface area contributed by atoms with Gasteiger partial charge in [0.2, 0.25) is 0 Å². The molecule has 0 aliphatic rings. The molecule has 2 aromatic carbocycles. The minimum absolute atomic E-state index is 0.0768. The van der Waals surface area contributed by atoms with E-state index in [9.17, 15) is 4.79 Å². The average molecular weight is 386 g/mol. The molecule has 0 spiro atoms. The summed E-state index contributed by atoms with van der Waals surface area (Å²) in [4.78, 5) is 18.1. The van der Waals surface area contributed by atoms with Crippen molar-refractivity contribution in [1.82, 2.24) is 4.98 Å². The van der Waals surface area contributed by atoms with Crippen LogP contribution in [0.25, 0.3) is 10.2 Å². The van der Waals surface area contributed by atoms with Crippen molar-refractivity contribution in [3.8, 4) is 6.07 Å². The number of carbonyl (C=O) groups is 1. The summed E-state index contributed by atoms with van der Waals surface area (Å²) >= 11 is 7.61. The maximum Gasteiger partial charge on any atom is 0.279 e. The minimum Gasteiger partial charge on any atom is -0.322 e. The molecule has 0 aliphatic carbocycles. The number of carbonyl (C=O) groups excluding carboxylic acids is 1. The van der Waals surface area contributed by atoms with Gasteiger partial charge in [0.25, 0.3) is 5.91 Å². The molecule has 2 atom stereocenters. The van der Waals surface area contributed by atoms with E-state index in [1.54, 1.807) is 29.5 Å². The van der Waals surface area contributed by atoms with Gasteiger partial charge in [0.05, 0.1) is 28.5 Å². The third kappa shape index (κ3) is 4.02. The van der Waals surface area contributed by atoms with Crippen LogP contribution in [0, 0.1) is 11.3 Å². The Kier molecular flexibility index (Phi) is 5.52. The van der Waals surface area contributed by atoms with Gasteiger partial charge in [0, 0.05) is 5.02 Å². The number of hydrogen-bond donors (Lipinski definition) is 2. The number of amides is 1. The fourth-order valence-corrected chi connectivity index (χ4v) is 3.89. The van der Waals surface area contributed by atoms with E-state index in [0.717, 1.165) is 20.1 Å². The topological polar surface area (TPSA) is 70.2 Å². The molecule has 7 heteroatoms. The third-order valence-electron chi connectivity index (χ3n) is 4.24. The summed E-state index contributed by atoms with van der Waals surface area (Å²) in [5.41, 5.74) is 1.80. The Morgan fingerprint density at radius 2 is 2.15 bits per heavy atom. The second-order valence-corrected chi connectivity index (χ2v) is 7.61. The second-order valence-electron chi connectivity index (χ2n) is 6.11. The van der Waals surface area contributed by atoms with Crippen LogP contribution in [0.1, 0.15) is 23.5 Å². The highest BCUT2D eigenvalue weighted by molar-refractivity contribution is 7.18. The molecule has 0 aliphatic heterocycles. The molecule has 26 heavy (non-hydrogen) atoms. The Labute approximate surface area is 160 Å². The van der Waals surface area contributed by atoms with Gasteiger partial charge in [0.15, 0.2) is 11.6 Å². The summed E-state index contributed by atoms with van der Waals surface area (Å²) in [6.45, 7) is 2.31. The number of rotatable bonds is 5. The van der Waals surface area contributed by atoms with Gasteiger partial charge in [-0.15, -0.1) is 11.3 Å². The predicted molar refractivity (Wildman–Crippen MR) is 105 cm³/mol. The van der Waals surface area contributed by atoms with Crippen molar-refractivity contribution < 1.29 is 9.69 Å². The van der Waals surface area contributed by atoms with Crippen LogP contribution < -0.4 is 10.2 Å². The van der Waals surface area contributed by atoms with Gasteiger partial charge in [0.1, 0.15) is 12.1 Å². The lowest BCUT2D eigenvalue weighted by Crippen LogP contribution is -3.10. The first-order valence-corrected chi connectivity index (χ1v) is 9.34. The first-order chi connectivity index (χ1) is 12.5. The number of aromatic nitrogens is 1. The van der Waals surface area contributed by atoms with Gasteiger partial charge in [-0.1, -0.05) is 23.7 Å². The highest BCUT2D eigenvalue weighted by atomic mass is 35.5. The molecule has 1 heterocycles. The lowest BCUT2D eigenvalue weighted by atomic mass is 10.2. The van der Waals surface area contributed by atoms with Crippen LogP contribution in [0.5, 0.6) is 0 Å². The quantitative estimate of drug-likeness (QED) is 0.709. The number of nitrogens with zero attached hydrogens (tertiary/aromatic N) is 2. The van der Waals surface area contributed by atoms with Crippen LogP contribution in [-0.4, -0.2) is 24.5 Å². The van der Waals surface area contributed by atoms with Crippen molar-refractivity contribution in [2.45, 2.75) is 13.0 Å². The maximum absolute atomic E-state index is 12.4. The lowest BCUT2D eigenvalue weighted by molar-refractivity contribution is -0.902. The Balaban J connectivity index is 1.69. The average Bonchev–Trinajstić information content (AvgIpc) is 3.05. The zero-order valence-corrected chi connectivity index (χ0v) is 16.0. The van der Waals surface area contributed by atoms with E-state index in [1.807, 2.05) is 31.3 Å². The summed E-state index contributed by atoms with van der Waals surface area (Å²) in [5.74, 6) is -0.172. The molecule has 2 N–H and O–H groups in total. The number of quaternary nitrogens is 1. The Bertz CT molecular complexity index is 962. The Hall–Kier alpha value is -2.46. The van der Waals surface area contributed by atoms with Gasteiger partial charge < -0.3 is 10.2 Å². The summed E-state index contributed by atoms with van der Waals surface area (Å²) < 4.78 is 1.14. The predicted octanol–water partition coefficient (Wildman–Crippen LogP) is 3.04. The number of anilines is 1. The Morgan fingerprint density at radius 1 is 1.38 bits per heavy atom. The highest BCUT2D eigenvalue weighted by Crippen LogP contribution is 2.24. The van der Waals surface area contributed by atoms with Crippen molar-refractivity contribution >= 4 is 44.7 Å². The van der Waals surface area contributed by atoms with Gasteiger partial charge in [-0.25, -0.2) is 4.98 Å². The standard InChI is InChI=1S/C19H17ClN4OS/c1-12(19-23-15-5-3-4-6-17(15)26-19)24(2)11-18(25)22-16-9-14(20)8-7-13(16)10-21/h3-9,12H,11H2,1-2H3,(H,22,25)/p+1/t12-/m0/s1. The SMILES string of the molecule is C[C@@H](c1nc2ccccc2s1)[NH+](C)CC(=O)Nc1cc(Cl)ccc1C#N. The second kappa shape index (κ2) is 7.83. The smallest absolute Gasteiger partial charge is 0.279 e. The molecule has 0 saturated heterocycles. The van der Waals surface area contributed by atoms with E-state index < -0.39 is 0 Å². The largest absolute Gasteiger partial charge is 0.322 e. The van der Waals surface area contributed by atoms with Crippen LogP contribution in [-0.2, 0) is 4.79 Å². The molecule has 0 radical (unpaired) electrons. The number of hydrogen-bond acceptors (Lipinski definition) is 4. The third-order valence-corrected chi connectivity index (χ3v) is 5.69. The first-order valence-electron chi connectivity index (χ1n) is 8.15. The zero-order chi connectivity index (χ0) is 18.7. The van der Waals surface area contributed by atoms with E-state index in [4.69, 9.17) is 16.9 Å². The molecule has 132 valence electrons. The minimum atomic E-state index is -0.172. The van der Waals surface area contributed by atoms with Crippen LogP contribution in [0.4, 0.5) is 5.69 Å². The molecular weight excluding hydrogens is 368 g/mol. The summed E-state index contributed by atoms with van der Waals surface area (Å²) in [7, 11) is 1.96. The molecule has 0 saturated carbocycles. The molecule has 3 aromatic rings. The van der Waals surface area contributed by atoms with Gasteiger partial charge in [-0.2, -0.15) is 5.26 Å². The number of para-hydroxylation sites is 1. The molecule has 0 fully saturated rings. The summed E-state index contributed by atoms with van der Waals surface area (Å²) in [6.07, 6.45) is 0. The fourth-order valence-electron chi connectivity index (χ4n) is 2.60. The van der Waals surface area contributed by atoms with Crippen molar-refractivity contribution in [3.05, 3.63) is 58.1 Å². The van der Waals surface area contributed by atoms with Crippen LogP contribution in [0.2, 0.25) is 5.02 Å². The summed E-state index contributed by atoms with van der Waals surface area (Å²) in [6, 6.07) is 15.0. The van der Waals surface area contributed by atoms with Gasteiger partial charge in [-0.05, 0) is 37.3 Å². The molecule has 1 unspecified atom stereocenters. The first kappa shape index (κ1) is 18.3. The van der Waals surface area contributed by atoms with Crippen LogP contribution in [0.15, 0.2) is 42.5 Å². The number of nitrogens with one attached hydrogen (secondary N) is 2. The number of fused-ring (bicyclic) bond motifs is 1. The molecule has 0 bridgehead atoms. The van der Waals surface area contributed by atoms with E-state index in [2.05, 4.69) is 23.3 Å². The molecule has 1 aromatic heterocycles. The number of halogens is 1. The van der Waals surface area contributed by atoms with Crippen molar-refractivity contribution in [3.63, 3.8) is 0 Å². The lowest BCUT2D eigenvalue weighted by Gasteiger charge is -2.19. The maximum atomic E-state index is 12.4. The number of likely N-dealkylation sites (N-methyl/N-ethyl adjacent to an activating group) is 1. The van der Waals surface area contributed by atoms with Crippen LogP contribution >= 0.6 is 22.9 Å². The van der Waals surface area contributed by atoms with Gasteiger partial charge >= 0.3 is 0 Å². The van der Waals surface area contributed by atoms with Crippen molar-refractivity contribution in [2.24, 2.45) is 0 Å². The molecule has 5 nitrogen and oxygen atoms in total. The van der Waals surface area contributed by atoms with E-state index in [-0.39, 0.29) is 18.5 Å². The normalized spacial score (nSPS) is 13.2. The van der Waals surface area contributed by atoms with Crippen LogP contribution in [0.3, 0.4) is 0 Å². The fraction of sp³-hybridized carbons (Fsp3) is 0.211. The number of benzene rings is 2. The Morgan fingerprint density at radius 3 is 2.88 bits per heavy atom. The number of nitriles is 1. The van der Waals surface area contributed by atoms with Crippen molar-refractivity contribution in [1.29, 1.82) is 5.26 Å². The van der Waals surface area contributed by atoms with E-state index in [0.29, 0.717) is 16.3 Å². The number of thiazole rings is 1. The molecule has 3 rings (SSSR count). The highest BCUT2D eigenvalue weighted by Gasteiger charge is 2.22. The monoisotopic (exact) mass is 385 g/mol.